The SMILES string of the molecule is COc1ccc(C2CC(=O)Nc3c2c(C)nn3-c2ncccn2)cc1. The first-order chi connectivity index (χ1) is 12.2. The van der Waals surface area contributed by atoms with Gasteiger partial charge >= 0.3 is 0 Å². The summed E-state index contributed by atoms with van der Waals surface area (Å²) in [6.45, 7) is 1.94. The van der Waals surface area contributed by atoms with Crippen LogP contribution in [0.5, 0.6) is 5.75 Å². The predicted molar refractivity (Wildman–Crippen MR) is 92.0 cm³/mol. The van der Waals surface area contributed by atoms with Crippen LogP contribution in [0, 0.1) is 6.92 Å². The van der Waals surface area contributed by atoms with Gasteiger partial charge in [-0.1, -0.05) is 12.1 Å². The van der Waals surface area contributed by atoms with Gasteiger partial charge in [0, 0.05) is 30.3 Å². The first kappa shape index (κ1) is 15.3. The van der Waals surface area contributed by atoms with Crippen molar-refractivity contribution >= 4 is 11.7 Å². The van der Waals surface area contributed by atoms with E-state index < -0.39 is 0 Å². The van der Waals surface area contributed by atoms with Crippen molar-refractivity contribution in [2.24, 2.45) is 0 Å². The van der Waals surface area contributed by atoms with Gasteiger partial charge in [-0.2, -0.15) is 9.78 Å². The number of nitrogens with one attached hydrogen (secondary N) is 1. The van der Waals surface area contributed by atoms with Gasteiger partial charge in [0.25, 0.3) is 5.95 Å². The van der Waals surface area contributed by atoms with Crippen LogP contribution < -0.4 is 10.1 Å². The molecular formula is C18H17N5O2. The quantitative estimate of drug-likeness (QED) is 0.795. The Bertz CT molecular complexity index is 919. The number of carbonyl (C=O) groups excluding carboxylic acids is 1. The summed E-state index contributed by atoms with van der Waals surface area (Å²) in [5.41, 5.74) is 2.90. The molecule has 7 nitrogen and oxygen atoms in total. The molecule has 1 aliphatic heterocycles. The summed E-state index contributed by atoms with van der Waals surface area (Å²) in [6, 6.07) is 9.53. The number of amides is 1. The molecule has 0 radical (unpaired) electrons. The van der Waals surface area contributed by atoms with Crippen LogP contribution in [-0.4, -0.2) is 32.8 Å². The maximum absolute atomic E-state index is 12.3. The number of hydrogen-bond donors (Lipinski definition) is 1. The third-order valence-electron chi connectivity index (χ3n) is 4.36. The molecule has 3 heterocycles. The van der Waals surface area contributed by atoms with E-state index in [4.69, 9.17) is 4.74 Å². The number of ether oxygens (including phenoxy) is 1. The molecule has 25 heavy (non-hydrogen) atoms. The molecular weight excluding hydrogens is 318 g/mol. The molecule has 1 N–H and O–H groups in total. The van der Waals surface area contributed by atoms with E-state index in [1.807, 2.05) is 31.2 Å². The maximum atomic E-state index is 12.3. The first-order valence-corrected chi connectivity index (χ1v) is 7.98. The zero-order valence-electron chi connectivity index (χ0n) is 13.9. The molecule has 0 saturated heterocycles. The monoisotopic (exact) mass is 335 g/mol. The Labute approximate surface area is 144 Å². The van der Waals surface area contributed by atoms with Gasteiger partial charge in [-0.05, 0) is 30.7 Å². The second kappa shape index (κ2) is 6.01. The highest BCUT2D eigenvalue weighted by molar-refractivity contribution is 5.95. The number of hydrogen-bond acceptors (Lipinski definition) is 5. The third kappa shape index (κ3) is 2.63. The lowest BCUT2D eigenvalue weighted by Gasteiger charge is -2.24. The molecule has 3 aromatic rings. The van der Waals surface area contributed by atoms with Crippen molar-refractivity contribution in [1.29, 1.82) is 0 Å². The predicted octanol–water partition coefficient (Wildman–Crippen LogP) is 2.45. The minimum Gasteiger partial charge on any atom is -0.497 e. The number of aryl methyl sites for hydroxylation is 1. The molecule has 1 unspecified atom stereocenters. The Morgan fingerprint density at radius 2 is 1.92 bits per heavy atom. The van der Waals surface area contributed by atoms with Crippen LogP contribution in [0.4, 0.5) is 5.82 Å². The van der Waals surface area contributed by atoms with E-state index >= 15 is 0 Å². The average Bonchev–Trinajstić information content (AvgIpc) is 2.98. The van der Waals surface area contributed by atoms with Crippen LogP contribution in [0.1, 0.15) is 29.2 Å². The number of methoxy groups -OCH3 is 1. The Kier molecular flexibility index (Phi) is 3.68. The molecule has 0 saturated carbocycles. The van der Waals surface area contributed by atoms with E-state index in [0.717, 1.165) is 22.6 Å². The molecule has 0 aliphatic carbocycles. The van der Waals surface area contributed by atoms with Crippen LogP contribution >= 0.6 is 0 Å². The van der Waals surface area contributed by atoms with E-state index in [2.05, 4.69) is 20.4 Å². The Hall–Kier alpha value is -3.22. The van der Waals surface area contributed by atoms with Crippen molar-refractivity contribution in [2.45, 2.75) is 19.3 Å². The number of anilines is 1. The second-order valence-corrected chi connectivity index (χ2v) is 5.89. The Morgan fingerprint density at radius 1 is 1.20 bits per heavy atom. The zero-order valence-corrected chi connectivity index (χ0v) is 13.9. The molecule has 2 aromatic heterocycles. The molecule has 0 bridgehead atoms. The lowest BCUT2D eigenvalue weighted by molar-refractivity contribution is -0.116. The normalized spacial score (nSPS) is 16.2. The van der Waals surface area contributed by atoms with E-state index in [1.165, 1.54) is 0 Å². The third-order valence-corrected chi connectivity index (χ3v) is 4.36. The molecule has 1 aliphatic rings. The second-order valence-electron chi connectivity index (χ2n) is 5.89. The van der Waals surface area contributed by atoms with Crippen molar-refractivity contribution in [3.05, 3.63) is 59.5 Å². The van der Waals surface area contributed by atoms with E-state index in [0.29, 0.717) is 18.2 Å². The highest BCUT2D eigenvalue weighted by Gasteiger charge is 2.33. The fraction of sp³-hybridized carbons (Fsp3) is 0.222. The van der Waals surface area contributed by atoms with Gasteiger partial charge in [-0.3, -0.25) is 4.79 Å². The number of benzene rings is 1. The summed E-state index contributed by atoms with van der Waals surface area (Å²) in [6.07, 6.45) is 3.68. The number of rotatable bonds is 3. The lowest BCUT2D eigenvalue weighted by Crippen LogP contribution is -2.25. The minimum absolute atomic E-state index is 0.0506. The zero-order chi connectivity index (χ0) is 17.4. The van der Waals surface area contributed by atoms with Crippen LogP contribution in [0.25, 0.3) is 5.95 Å². The van der Waals surface area contributed by atoms with Gasteiger partial charge in [0.1, 0.15) is 11.6 Å². The van der Waals surface area contributed by atoms with Crippen molar-refractivity contribution in [3.8, 4) is 11.7 Å². The van der Waals surface area contributed by atoms with Crippen molar-refractivity contribution in [1.82, 2.24) is 19.7 Å². The van der Waals surface area contributed by atoms with Gasteiger partial charge in [0.2, 0.25) is 5.91 Å². The Morgan fingerprint density at radius 3 is 2.60 bits per heavy atom. The number of fused-ring (bicyclic) bond motifs is 1. The fourth-order valence-electron chi connectivity index (χ4n) is 3.21. The standard InChI is InChI=1S/C18H17N5O2/c1-11-16-14(12-4-6-13(25-2)7-5-12)10-15(24)21-17(16)23(22-11)18-19-8-3-9-20-18/h3-9,14H,10H2,1-2H3,(H,21,24). The first-order valence-electron chi connectivity index (χ1n) is 7.98. The molecule has 0 spiro atoms. The minimum atomic E-state index is -0.0629. The lowest BCUT2D eigenvalue weighted by atomic mass is 9.86. The number of aromatic nitrogens is 4. The van der Waals surface area contributed by atoms with Crippen LogP contribution in [0.15, 0.2) is 42.7 Å². The number of carbonyl (C=O) groups is 1. The summed E-state index contributed by atoms with van der Waals surface area (Å²) in [5, 5.41) is 7.49. The molecule has 1 amide bonds. The fourth-order valence-corrected chi connectivity index (χ4v) is 3.21. The van der Waals surface area contributed by atoms with Gasteiger partial charge in [-0.25, -0.2) is 9.97 Å². The molecule has 4 rings (SSSR count). The molecule has 1 aromatic carbocycles. The van der Waals surface area contributed by atoms with E-state index in [9.17, 15) is 4.79 Å². The van der Waals surface area contributed by atoms with E-state index in [-0.39, 0.29) is 11.8 Å². The molecule has 1 atom stereocenters. The highest BCUT2D eigenvalue weighted by Crippen LogP contribution is 2.40. The van der Waals surface area contributed by atoms with Gasteiger partial charge in [0.05, 0.1) is 12.8 Å². The summed E-state index contributed by atoms with van der Waals surface area (Å²) in [7, 11) is 1.63. The van der Waals surface area contributed by atoms with Crippen LogP contribution in [-0.2, 0) is 4.79 Å². The van der Waals surface area contributed by atoms with Gasteiger partial charge in [-0.15, -0.1) is 0 Å². The van der Waals surface area contributed by atoms with Gasteiger partial charge in [0.15, 0.2) is 0 Å². The Balaban J connectivity index is 1.83. The summed E-state index contributed by atoms with van der Waals surface area (Å²) >= 11 is 0. The topological polar surface area (TPSA) is 81.9 Å². The highest BCUT2D eigenvalue weighted by atomic mass is 16.5. The van der Waals surface area contributed by atoms with Crippen molar-refractivity contribution in [2.75, 3.05) is 12.4 Å². The van der Waals surface area contributed by atoms with Gasteiger partial charge < -0.3 is 10.1 Å². The summed E-state index contributed by atoms with van der Waals surface area (Å²) in [4.78, 5) is 20.8. The van der Waals surface area contributed by atoms with E-state index in [1.54, 1.807) is 30.3 Å². The van der Waals surface area contributed by atoms with Crippen LogP contribution in [0.3, 0.4) is 0 Å². The summed E-state index contributed by atoms with van der Waals surface area (Å²) in [5.74, 6) is 1.75. The van der Waals surface area contributed by atoms with Crippen molar-refractivity contribution < 1.29 is 9.53 Å². The molecule has 126 valence electrons. The maximum Gasteiger partial charge on any atom is 0.252 e. The smallest absolute Gasteiger partial charge is 0.252 e. The average molecular weight is 335 g/mol. The van der Waals surface area contributed by atoms with Crippen LogP contribution in [0.2, 0.25) is 0 Å². The summed E-state index contributed by atoms with van der Waals surface area (Å²) < 4.78 is 6.82. The molecule has 7 heteroatoms. The van der Waals surface area contributed by atoms with Crippen molar-refractivity contribution in [3.63, 3.8) is 0 Å². The number of nitrogens with zero attached hydrogens (tertiary/aromatic N) is 4. The molecule has 0 fully saturated rings. The largest absolute Gasteiger partial charge is 0.497 e.